The number of hydrogen-bond donors (Lipinski definition) is 1. The van der Waals surface area contributed by atoms with Gasteiger partial charge in [-0.2, -0.15) is 0 Å². The molecule has 0 bridgehead atoms. The summed E-state index contributed by atoms with van der Waals surface area (Å²) in [6.45, 7) is 4.57. The fraction of sp³-hybridized carbons (Fsp3) is 0.625. The Bertz CT molecular complexity index is 433. The molecule has 1 heterocycles. The normalized spacial score (nSPS) is 22.2. The molecule has 1 N–H and O–H groups in total. The third-order valence-electron chi connectivity index (χ3n) is 4.76. The minimum Gasteiger partial charge on any atom is -0.383 e. The molecule has 1 fully saturated rings. The molecule has 1 saturated carbocycles. The van der Waals surface area contributed by atoms with E-state index in [-0.39, 0.29) is 0 Å². The lowest BCUT2D eigenvalue weighted by Gasteiger charge is -2.38. The molecule has 1 aromatic carbocycles. The monoisotopic (exact) mass is 244 g/mol. The molecular weight excluding hydrogens is 220 g/mol. The highest BCUT2D eigenvalue weighted by atomic mass is 15.2. The van der Waals surface area contributed by atoms with Gasteiger partial charge in [-0.25, -0.2) is 0 Å². The van der Waals surface area contributed by atoms with E-state index in [0.717, 1.165) is 6.54 Å². The molecule has 0 amide bonds. The molecular formula is C16H24N2. The van der Waals surface area contributed by atoms with Gasteiger partial charge in [-0.3, -0.25) is 0 Å². The summed E-state index contributed by atoms with van der Waals surface area (Å²) in [5, 5.41) is 3.72. The number of nitrogens with one attached hydrogen (secondary N) is 1. The van der Waals surface area contributed by atoms with E-state index in [1.54, 1.807) is 0 Å². The molecule has 1 aliphatic heterocycles. The lowest BCUT2D eigenvalue weighted by atomic mass is 9.73. The Balaban J connectivity index is 1.93. The molecule has 3 rings (SSSR count). The maximum atomic E-state index is 3.72. The lowest BCUT2D eigenvalue weighted by Crippen LogP contribution is -2.40. The second-order valence-electron chi connectivity index (χ2n) is 6.24. The highest BCUT2D eigenvalue weighted by Crippen LogP contribution is 2.42. The molecule has 1 aliphatic carbocycles. The Labute approximate surface area is 110 Å². The topological polar surface area (TPSA) is 15.3 Å². The Kier molecular flexibility index (Phi) is 2.96. The van der Waals surface area contributed by atoms with E-state index >= 15 is 0 Å². The van der Waals surface area contributed by atoms with Crippen LogP contribution in [0.5, 0.6) is 0 Å². The minimum atomic E-state index is 0.498. The fourth-order valence-corrected chi connectivity index (χ4v) is 3.87. The highest BCUT2D eigenvalue weighted by molar-refractivity contribution is 5.74. The number of para-hydroxylation sites is 1. The maximum Gasteiger partial charge on any atom is 0.0629 e. The van der Waals surface area contributed by atoms with Gasteiger partial charge < -0.3 is 10.2 Å². The highest BCUT2D eigenvalue weighted by Gasteiger charge is 2.35. The van der Waals surface area contributed by atoms with Crippen LogP contribution in [0.1, 0.15) is 37.7 Å². The van der Waals surface area contributed by atoms with E-state index in [2.05, 4.69) is 42.4 Å². The Morgan fingerprint density at radius 1 is 1.17 bits per heavy atom. The van der Waals surface area contributed by atoms with Crippen LogP contribution in [0.2, 0.25) is 0 Å². The first-order chi connectivity index (χ1) is 8.70. The zero-order chi connectivity index (χ0) is 12.6. The van der Waals surface area contributed by atoms with Crippen LogP contribution in [0.25, 0.3) is 0 Å². The summed E-state index contributed by atoms with van der Waals surface area (Å²) in [7, 11) is 2.26. The van der Waals surface area contributed by atoms with Gasteiger partial charge in [-0.1, -0.05) is 31.4 Å². The first-order valence-corrected chi connectivity index (χ1v) is 7.25. The second-order valence-corrected chi connectivity index (χ2v) is 6.24. The predicted octanol–water partition coefficient (Wildman–Crippen LogP) is 3.81. The van der Waals surface area contributed by atoms with Crippen molar-refractivity contribution in [2.45, 2.75) is 39.0 Å². The number of anilines is 2. The third kappa shape index (κ3) is 1.98. The summed E-state index contributed by atoms with van der Waals surface area (Å²) >= 11 is 0. The van der Waals surface area contributed by atoms with Gasteiger partial charge in [0.25, 0.3) is 0 Å². The van der Waals surface area contributed by atoms with Gasteiger partial charge in [0.05, 0.1) is 11.4 Å². The summed E-state index contributed by atoms with van der Waals surface area (Å²) in [6, 6.07) is 6.60. The third-order valence-corrected chi connectivity index (χ3v) is 4.76. The maximum absolute atomic E-state index is 3.72. The largest absolute Gasteiger partial charge is 0.383 e. The van der Waals surface area contributed by atoms with Crippen LogP contribution in [0.4, 0.5) is 11.4 Å². The van der Waals surface area contributed by atoms with Crippen LogP contribution in [0.15, 0.2) is 18.2 Å². The van der Waals surface area contributed by atoms with Crippen molar-refractivity contribution in [2.24, 2.45) is 5.41 Å². The Morgan fingerprint density at radius 3 is 2.72 bits per heavy atom. The van der Waals surface area contributed by atoms with Crippen molar-refractivity contribution >= 4 is 11.4 Å². The molecule has 0 radical (unpaired) electrons. The number of aryl methyl sites for hydroxylation is 1. The Hall–Kier alpha value is -1.18. The zero-order valence-electron chi connectivity index (χ0n) is 11.6. The summed E-state index contributed by atoms with van der Waals surface area (Å²) in [5.74, 6) is 0. The number of benzene rings is 1. The number of rotatable bonds is 0. The first-order valence-electron chi connectivity index (χ1n) is 7.25. The molecule has 98 valence electrons. The van der Waals surface area contributed by atoms with Crippen LogP contribution in [-0.4, -0.2) is 20.1 Å². The number of fused-ring (bicyclic) bond motifs is 1. The standard InChI is InChI=1S/C16H24N2/c1-13-7-6-8-14-15(13)18(2)12-16(11-17-14)9-4-3-5-10-16/h6-8,17H,3-5,9-12H2,1-2H3. The molecule has 2 aliphatic rings. The average molecular weight is 244 g/mol. The van der Waals surface area contributed by atoms with E-state index in [4.69, 9.17) is 0 Å². The molecule has 18 heavy (non-hydrogen) atoms. The van der Waals surface area contributed by atoms with E-state index in [1.807, 2.05) is 0 Å². The van der Waals surface area contributed by atoms with Gasteiger partial charge in [-0.05, 0) is 31.4 Å². The van der Waals surface area contributed by atoms with Gasteiger partial charge in [0.15, 0.2) is 0 Å². The molecule has 2 heteroatoms. The van der Waals surface area contributed by atoms with Crippen molar-refractivity contribution in [1.29, 1.82) is 0 Å². The predicted molar refractivity (Wildman–Crippen MR) is 78.5 cm³/mol. The summed E-state index contributed by atoms with van der Waals surface area (Å²) < 4.78 is 0. The van der Waals surface area contributed by atoms with E-state index in [1.165, 1.54) is 55.6 Å². The molecule has 0 saturated heterocycles. The minimum absolute atomic E-state index is 0.498. The average Bonchev–Trinajstić information content (AvgIpc) is 2.49. The molecule has 2 nitrogen and oxygen atoms in total. The smallest absolute Gasteiger partial charge is 0.0629 e. The van der Waals surface area contributed by atoms with Crippen molar-refractivity contribution in [3.63, 3.8) is 0 Å². The van der Waals surface area contributed by atoms with E-state index in [9.17, 15) is 0 Å². The van der Waals surface area contributed by atoms with Gasteiger partial charge in [0, 0.05) is 25.6 Å². The fourth-order valence-electron chi connectivity index (χ4n) is 3.87. The molecule has 0 unspecified atom stereocenters. The van der Waals surface area contributed by atoms with Crippen LogP contribution >= 0.6 is 0 Å². The van der Waals surface area contributed by atoms with Gasteiger partial charge in [-0.15, -0.1) is 0 Å². The van der Waals surface area contributed by atoms with Crippen molar-refractivity contribution in [1.82, 2.24) is 0 Å². The molecule has 1 spiro atoms. The van der Waals surface area contributed by atoms with Crippen LogP contribution < -0.4 is 10.2 Å². The van der Waals surface area contributed by atoms with Crippen LogP contribution in [0.3, 0.4) is 0 Å². The van der Waals surface area contributed by atoms with Crippen molar-refractivity contribution < 1.29 is 0 Å². The van der Waals surface area contributed by atoms with Gasteiger partial charge in [0.2, 0.25) is 0 Å². The number of nitrogens with zero attached hydrogens (tertiary/aromatic N) is 1. The van der Waals surface area contributed by atoms with Crippen molar-refractivity contribution in [3.8, 4) is 0 Å². The zero-order valence-corrected chi connectivity index (χ0v) is 11.6. The molecule has 0 atom stereocenters. The van der Waals surface area contributed by atoms with E-state index < -0.39 is 0 Å². The quantitative estimate of drug-likeness (QED) is 0.746. The second kappa shape index (κ2) is 4.49. The van der Waals surface area contributed by atoms with Gasteiger partial charge >= 0.3 is 0 Å². The lowest BCUT2D eigenvalue weighted by molar-refractivity contribution is 0.215. The molecule has 0 aromatic heterocycles. The summed E-state index contributed by atoms with van der Waals surface area (Å²) in [5.41, 5.74) is 4.61. The van der Waals surface area contributed by atoms with Crippen molar-refractivity contribution in [3.05, 3.63) is 23.8 Å². The first kappa shape index (κ1) is 11.9. The van der Waals surface area contributed by atoms with Crippen molar-refractivity contribution in [2.75, 3.05) is 30.4 Å². The van der Waals surface area contributed by atoms with Gasteiger partial charge in [0.1, 0.15) is 0 Å². The number of hydrogen-bond acceptors (Lipinski definition) is 2. The summed E-state index contributed by atoms with van der Waals surface area (Å²) in [4.78, 5) is 2.48. The van der Waals surface area contributed by atoms with Crippen LogP contribution in [-0.2, 0) is 0 Å². The summed E-state index contributed by atoms with van der Waals surface area (Å²) in [6.07, 6.45) is 7.02. The molecule has 1 aromatic rings. The van der Waals surface area contributed by atoms with E-state index in [0.29, 0.717) is 5.41 Å². The van der Waals surface area contributed by atoms with Crippen LogP contribution in [0, 0.1) is 12.3 Å². The Morgan fingerprint density at radius 2 is 1.94 bits per heavy atom. The SMILES string of the molecule is Cc1cccc2c1N(C)CC1(CCCCC1)CN2.